The van der Waals surface area contributed by atoms with Crippen molar-refractivity contribution in [1.29, 1.82) is 0 Å². The molecule has 5 heteroatoms. The van der Waals surface area contributed by atoms with E-state index < -0.39 is 0 Å². The van der Waals surface area contributed by atoms with Gasteiger partial charge in [-0.25, -0.2) is 4.79 Å². The van der Waals surface area contributed by atoms with Gasteiger partial charge >= 0.3 is 6.03 Å². The standard InChI is InChI=1S/C24H25N3O2/c28-24(27-16-23-13-22(17-29-23)19-7-2-1-3-8-19)26-14-18-6-4-9-20(12-18)21-10-5-11-25-15-21/h1-12,15,22-23H,13-14,16-17H2,(H2,26,27,28)/t22-,23-/m0/s1. The van der Waals surface area contributed by atoms with Crippen LogP contribution in [0.4, 0.5) is 4.79 Å². The summed E-state index contributed by atoms with van der Waals surface area (Å²) in [6.07, 6.45) is 4.58. The lowest BCUT2D eigenvalue weighted by molar-refractivity contribution is 0.110. The molecule has 2 amide bonds. The van der Waals surface area contributed by atoms with E-state index >= 15 is 0 Å². The van der Waals surface area contributed by atoms with Gasteiger partial charge in [0.2, 0.25) is 0 Å². The lowest BCUT2D eigenvalue weighted by Crippen LogP contribution is -2.39. The molecule has 1 saturated heterocycles. The van der Waals surface area contributed by atoms with Gasteiger partial charge in [0.05, 0.1) is 12.7 Å². The molecule has 0 radical (unpaired) electrons. The third-order valence-electron chi connectivity index (χ3n) is 5.22. The largest absolute Gasteiger partial charge is 0.376 e. The minimum absolute atomic E-state index is 0.0554. The van der Waals surface area contributed by atoms with Gasteiger partial charge in [-0.3, -0.25) is 4.98 Å². The summed E-state index contributed by atoms with van der Waals surface area (Å²) in [5.41, 5.74) is 4.49. The Hall–Kier alpha value is -3.18. The molecule has 2 atom stereocenters. The van der Waals surface area contributed by atoms with Gasteiger partial charge < -0.3 is 15.4 Å². The zero-order valence-electron chi connectivity index (χ0n) is 16.3. The van der Waals surface area contributed by atoms with Crippen LogP contribution in [-0.4, -0.2) is 30.3 Å². The minimum Gasteiger partial charge on any atom is -0.376 e. The van der Waals surface area contributed by atoms with E-state index in [1.54, 1.807) is 6.20 Å². The number of rotatable bonds is 6. The number of hydrogen-bond acceptors (Lipinski definition) is 3. The summed E-state index contributed by atoms with van der Waals surface area (Å²) in [6, 6.07) is 22.3. The van der Waals surface area contributed by atoms with Crippen molar-refractivity contribution in [1.82, 2.24) is 15.6 Å². The predicted molar refractivity (Wildman–Crippen MR) is 113 cm³/mol. The topological polar surface area (TPSA) is 63.2 Å². The number of aromatic nitrogens is 1. The molecule has 0 aliphatic carbocycles. The number of urea groups is 1. The molecule has 5 nitrogen and oxygen atoms in total. The number of carbonyl (C=O) groups excluding carboxylic acids is 1. The Balaban J connectivity index is 1.23. The quantitative estimate of drug-likeness (QED) is 0.669. The first-order valence-electron chi connectivity index (χ1n) is 9.95. The number of nitrogens with one attached hydrogen (secondary N) is 2. The summed E-state index contributed by atoms with van der Waals surface area (Å²) in [6.45, 7) is 1.70. The smallest absolute Gasteiger partial charge is 0.315 e. The van der Waals surface area contributed by atoms with Gasteiger partial charge in [0, 0.05) is 31.4 Å². The molecule has 1 fully saturated rings. The van der Waals surface area contributed by atoms with Crippen LogP contribution < -0.4 is 10.6 Å². The normalized spacial score (nSPS) is 18.3. The lowest BCUT2D eigenvalue weighted by Gasteiger charge is -2.12. The zero-order valence-corrected chi connectivity index (χ0v) is 16.3. The molecule has 2 heterocycles. The summed E-state index contributed by atoms with van der Waals surface area (Å²) in [5.74, 6) is 0.404. The number of ether oxygens (including phenoxy) is 1. The van der Waals surface area contributed by atoms with Gasteiger partial charge in [-0.1, -0.05) is 54.6 Å². The van der Waals surface area contributed by atoms with Crippen LogP contribution in [-0.2, 0) is 11.3 Å². The van der Waals surface area contributed by atoms with E-state index in [0.29, 0.717) is 25.6 Å². The Morgan fingerprint density at radius 2 is 1.86 bits per heavy atom. The molecule has 0 bridgehead atoms. The van der Waals surface area contributed by atoms with E-state index in [1.165, 1.54) is 5.56 Å². The lowest BCUT2D eigenvalue weighted by atomic mass is 9.96. The number of carbonyl (C=O) groups is 1. The van der Waals surface area contributed by atoms with Gasteiger partial charge in [0.15, 0.2) is 0 Å². The highest BCUT2D eigenvalue weighted by Gasteiger charge is 2.26. The second-order valence-corrected chi connectivity index (χ2v) is 7.30. The fourth-order valence-electron chi connectivity index (χ4n) is 3.65. The predicted octanol–water partition coefficient (Wildman–Crippen LogP) is 4.12. The molecule has 148 valence electrons. The second-order valence-electron chi connectivity index (χ2n) is 7.30. The Labute approximate surface area is 171 Å². The summed E-state index contributed by atoms with van der Waals surface area (Å²) in [4.78, 5) is 16.4. The van der Waals surface area contributed by atoms with Crippen molar-refractivity contribution in [3.63, 3.8) is 0 Å². The molecule has 0 unspecified atom stereocenters. The summed E-state index contributed by atoms with van der Waals surface area (Å²) < 4.78 is 5.85. The molecule has 1 aliphatic heterocycles. The number of nitrogens with zero attached hydrogens (tertiary/aromatic N) is 1. The summed E-state index contributed by atoms with van der Waals surface area (Å²) in [7, 11) is 0. The van der Waals surface area contributed by atoms with Gasteiger partial charge in [-0.05, 0) is 40.8 Å². The van der Waals surface area contributed by atoms with Crippen molar-refractivity contribution in [2.24, 2.45) is 0 Å². The van der Waals surface area contributed by atoms with Crippen molar-refractivity contribution in [3.05, 3.63) is 90.3 Å². The second kappa shape index (κ2) is 9.34. The highest BCUT2D eigenvalue weighted by atomic mass is 16.5. The molecule has 4 rings (SSSR count). The summed E-state index contributed by atoms with van der Waals surface area (Å²) >= 11 is 0. The van der Waals surface area contributed by atoms with Crippen LogP contribution in [0.3, 0.4) is 0 Å². The van der Waals surface area contributed by atoms with Gasteiger partial charge in [0.25, 0.3) is 0 Å². The molecule has 3 aromatic rings. The number of hydrogen-bond donors (Lipinski definition) is 2. The van der Waals surface area contributed by atoms with Gasteiger partial charge in [-0.15, -0.1) is 0 Å². The Morgan fingerprint density at radius 3 is 2.69 bits per heavy atom. The van der Waals surface area contributed by atoms with Crippen molar-refractivity contribution >= 4 is 6.03 Å². The molecular weight excluding hydrogens is 362 g/mol. The molecular formula is C24H25N3O2. The van der Waals surface area contributed by atoms with E-state index in [0.717, 1.165) is 23.1 Å². The van der Waals surface area contributed by atoms with E-state index in [-0.39, 0.29) is 12.1 Å². The van der Waals surface area contributed by atoms with Crippen molar-refractivity contribution < 1.29 is 9.53 Å². The van der Waals surface area contributed by atoms with Gasteiger partial charge in [0.1, 0.15) is 0 Å². The Bertz CT molecular complexity index is 931. The van der Waals surface area contributed by atoms with E-state index in [4.69, 9.17) is 4.74 Å². The van der Waals surface area contributed by atoms with Crippen LogP contribution in [0.1, 0.15) is 23.5 Å². The number of amides is 2. The van der Waals surface area contributed by atoms with Crippen molar-refractivity contribution in [3.8, 4) is 11.1 Å². The molecule has 0 spiro atoms. The average Bonchev–Trinajstić information content (AvgIpc) is 3.27. The minimum atomic E-state index is -0.177. The van der Waals surface area contributed by atoms with Crippen molar-refractivity contribution in [2.45, 2.75) is 25.0 Å². The molecule has 2 N–H and O–H groups in total. The SMILES string of the molecule is O=C(NCc1cccc(-c2cccnc2)c1)NC[C@@H]1C[C@H](c2ccccc2)CO1. The van der Waals surface area contributed by atoms with Crippen LogP contribution in [0.2, 0.25) is 0 Å². The average molecular weight is 387 g/mol. The monoisotopic (exact) mass is 387 g/mol. The fourth-order valence-corrected chi connectivity index (χ4v) is 3.65. The van der Waals surface area contributed by atoms with Crippen LogP contribution in [0.5, 0.6) is 0 Å². The highest BCUT2D eigenvalue weighted by molar-refractivity contribution is 5.74. The Morgan fingerprint density at radius 1 is 1.00 bits per heavy atom. The molecule has 1 aromatic heterocycles. The summed E-state index contributed by atoms with van der Waals surface area (Å²) in [5, 5.41) is 5.85. The van der Waals surface area contributed by atoms with Gasteiger partial charge in [-0.2, -0.15) is 0 Å². The first-order valence-corrected chi connectivity index (χ1v) is 9.95. The zero-order chi connectivity index (χ0) is 19.9. The number of benzene rings is 2. The number of pyridine rings is 1. The van der Waals surface area contributed by atoms with Crippen LogP contribution in [0.25, 0.3) is 11.1 Å². The highest BCUT2D eigenvalue weighted by Crippen LogP contribution is 2.28. The van der Waals surface area contributed by atoms with Crippen molar-refractivity contribution in [2.75, 3.05) is 13.2 Å². The molecule has 1 aliphatic rings. The van der Waals surface area contributed by atoms with E-state index in [1.807, 2.05) is 42.6 Å². The first-order chi connectivity index (χ1) is 14.3. The maximum absolute atomic E-state index is 12.2. The van der Waals surface area contributed by atoms with Crippen LogP contribution in [0.15, 0.2) is 79.1 Å². The molecule has 0 saturated carbocycles. The third-order valence-corrected chi connectivity index (χ3v) is 5.22. The van der Waals surface area contributed by atoms with E-state index in [2.05, 4.69) is 45.9 Å². The van der Waals surface area contributed by atoms with E-state index in [9.17, 15) is 4.79 Å². The third kappa shape index (κ3) is 5.21. The van der Waals surface area contributed by atoms with Crippen LogP contribution >= 0.6 is 0 Å². The maximum atomic E-state index is 12.2. The fraction of sp³-hybridized carbons (Fsp3) is 0.250. The first kappa shape index (κ1) is 19.2. The Kier molecular flexibility index (Phi) is 6.17. The molecule has 2 aromatic carbocycles. The molecule has 29 heavy (non-hydrogen) atoms. The maximum Gasteiger partial charge on any atom is 0.315 e. The van der Waals surface area contributed by atoms with Crippen LogP contribution in [0, 0.1) is 0 Å².